The zero-order valence-corrected chi connectivity index (χ0v) is 15.2. The Morgan fingerprint density at radius 2 is 1.83 bits per heavy atom. The van der Waals surface area contributed by atoms with Crippen molar-refractivity contribution in [2.45, 2.75) is 26.0 Å². The lowest BCUT2D eigenvalue weighted by Gasteiger charge is -2.25. The molecule has 0 heterocycles. The standard InChI is InChI=1S/C19H23ClN2O2/c1-19(2,24-17-10-8-15(20)9-11-17)18(23)21-13-14-6-5-7-16(12-14)22(3)4/h5-12H,13H2,1-4H3,(H,21,23). The maximum atomic E-state index is 12.5. The van der Waals surface area contributed by atoms with E-state index in [2.05, 4.69) is 5.32 Å². The van der Waals surface area contributed by atoms with Crippen molar-refractivity contribution in [3.8, 4) is 5.75 Å². The SMILES string of the molecule is CN(C)c1cccc(CNC(=O)C(C)(C)Oc2ccc(Cl)cc2)c1. The van der Waals surface area contributed by atoms with Crippen LogP contribution in [0.1, 0.15) is 19.4 Å². The van der Waals surface area contributed by atoms with E-state index >= 15 is 0 Å². The van der Waals surface area contributed by atoms with Gasteiger partial charge < -0.3 is 15.0 Å². The first-order valence-electron chi connectivity index (χ1n) is 7.77. The molecule has 0 aliphatic rings. The van der Waals surface area contributed by atoms with Crippen molar-refractivity contribution in [2.75, 3.05) is 19.0 Å². The fourth-order valence-corrected chi connectivity index (χ4v) is 2.31. The average Bonchev–Trinajstić information content (AvgIpc) is 2.54. The summed E-state index contributed by atoms with van der Waals surface area (Å²) in [4.78, 5) is 14.5. The van der Waals surface area contributed by atoms with Crippen molar-refractivity contribution in [2.24, 2.45) is 0 Å². The molecule has 0 saturated carbocycles. The van der Waals surface area contributed by atoms with Gasteiger partial charge in [-0.2, -0.15) is 0 Å². The zero-order chi connectivity index (χ0) is 17.7. The number of rotatable bonds is 6. The summed E-state index contributed by atoms with van der Waals surface area (Å²) < 4.78 is 5.79. The van der Waals surface area contributed by atoms with Gasteiger partial charge in [-0.15, -0.1) is 0 Å². The molecule has 0 atom stereocenters. The van der Waals surface area contributed by atoms with Crippen LogP contribution in [0.25, 0.3) is 0 Å². The summed E-state index contributed by atoms with van der Waals surface area (Å²) in [6.45, 7) is 3.94. The predicted octanol–water partition coefficient (Wildman–Crippen LogP) is 3.88. The van der Waals surface area contributed by atoms with E-state index < -0.39 is 5.60 Å². The van der Waals surface area contributed by atoms with Gasteiger partial charge in [0.05, 0.1) is 0 Å². The van der Waals surface area contributed by atoms with Crippen molar-refractivity contribution < 1.29 is 9.53 Å². The molecule has 2 rings (SSSR count). The second-order valence-electron chi connectivity index (χ2n) is 6.31. The molecule has 128 valence electrons. The Kier molecular flexibility index (Phi) is 5.73. The van der Waals surface area contributed by atoms with E-state index in [9.17, 15) is 4.79 Å². The number of nitrogens with one attached hydrogen (secondary N) is 1. The summed E-state index contributed by atoms with van der Waals surface area (Å²) >= 11 is 5.86. The fourth-order valence-electron chi connectivity index (χ4n) is 2.18. The molecule has 0 aliphatic heterocycles. The summed E-state index contributed by atoms with van der Waals surface area (Å²) in [5.74, 6) is 0.432. The average molecular weight is 347 g/mol. The molecular formula is C19H23ClN2O2. The molecule has 0 aliphatic carbocycles. The summed E-state index contributed by atoms with van der Waals surface area (Å²) in [5, 5.41) is 3.56. The predicted molar refractivity (Wildman–Crippen MR) is 98.8 cm³/mol. The molecule has 24 heavy (non-hydrogen) atoms. The van der Waals surface area contributed by atoms with Crippen LogP contribution in [0.2, 0.25) is 5.02 Å². The first-order chi connectivity index (χ1) is 11.3. The molecule has 0 bridgehead atoms. The molecule has 2 aromatic carbocycles. The third-order valence-corrected chi connectivity index (χ3v) is 3.87. The topological polar surface area (TPSA) is 41.6 Å². The Labute approximate surface area is 148 Å². The second-order valence-corrected chi connectivity index (χ2v) is 6.75. The first kappa shape index (κ1) is 18.1. The second kappa shape index (κ2) is 7.58. The van der Waals surface area contributed by atoms with E-state index in [4.69, 9.17) is 16.3 Å². The number of nitrogens with zero attached hydrogens (tertiary/aromatic N) is 1. The maximum absolute atomic E-state index is 12.5. The van der Waals surface area contributed by atoms with Crippen molar-refractivity contribution in [3.63, 3.8) is 0 Å². The molecule has 0 radical (unpaired) electrons. The number of anilines is 1. The largest absolute Gasteiger partial charge is 0.478 e. The first-order valence-corrected chi connectivity index (χ1v) is 8.15. The molecule has 2 aromatic rings. The van der Waals surface area contributed by atoms with Crippen LogP contribution >= 0.6 is 11.6 Å². The highest BCUT2D eigenvalue weighted by Gasteiger charge is 2.29. The molecule has 4 nitrogen and oxygen atoms in total. The maximum Gasteiger partial charge on any atom is 0.263 e. The smallest absolute Gasteiger partial charge is 0.263 e. The van der Waals surface area contributed by atoms with Crippen LogP contribution in [-0.2, 0) is 11.3 Å². The van der Waals surface area contributed by atoms with Gasteiger partial charge in [0, 0.05) is 31.4 Å². The highest BCUT2D eigenvalue weighted by Crippen LogP contribution is 2.21. The van der Waals surface area contributed by atoms with E-state index in [0.717, 1.165) is 11.3 Å². The van der Waals surface area contributed by atoms with E-state index in [1.807, 2.05) is 43.3 Å². The third-order valence-electron chi connectivity index (χ3n) is 3.61. The molecule has 0 spiro atoms. The van der Waals surface area contributed by atoms with Crippen LogP contribution in [0.4, 0.5) is 5.69 Å². The molecule has 5 heteroatoms. The summed E-state index contributed by atoms with van der Waals surface area (Å²) in [7, 11) is 3.97. The van der Waals surface area contributed by atoms with Gasteiger partial charge in [-0.05, 0) is 55.8 Å². The monoisotopic (exact) mass is 346 g/mol. The molecule has 0 aromatic heterocycles. The molecule has 0 saturated heterocycles. The number of hydrogen-bond donors (Lipinski definition) is 1. The van der Waals surface area contributed by atoms with Crippen molar-refractivity contribution in [3.05, 3.63) is 59.1 Å². The third kappa shape index (κ3) is 4.90. The molecule has 0 fully saturated rings. The molecule has 0 unspecified atom stereocenters. The van der Waals surface area contributed by atoms with Crippen LogP contribution in [0.3, 0.4) is 0 Å². The van der Waals surface area contributed by atoms with E-state index in [1.54, 1.807) is 38.1 Å². The van der Waals surface area contributed by atoms with Crippen LogP contribution in [0, 0.1) is 0 Å². The van der Waals surface area contributed by atoms with Crippen molar-refractivity contribution in [1.82, 2.24) is 5.32 Å². The summed E-state index contributed by atoms with van der Waals surface area (Å²) in [6, 6.07) is 15.0. The molecule has 1 N–H and O–H groups in total. The number of carbonyl (C=O) groups is 1. The quantitative estimate of drug-likeness (QED) is 0.863. The Balaban J connectivity index is 1.97. The number of carbonyl (C=O) groups excluding carboxylic acids is 1. The lowest BCUT2D eigenvalue weighted by atomic mass is 10.1. The van der Waals surface area contributed by atoms with Crippen LogP contribution in [0.5, 0.6) is 5.75 Å². The summed E-state index contributed by atoms with van der Waals surface area (Å²) in [5.41, 5.74) is 1.16. The van der Waals surface area contributed by atoms with Crippen LogP contribution in [-0.4, -0.2) is 25.6 Å². The number of hydrogen-bond acceptors (Lipinski definition) is 3. The van der Waals surface area contributed by atoms with Gasteiger partial charge in [0.1, 0.15) is 5.75 Å². The number of halogens is 1. The lowest BCUT2D eigenvalue weighted by molar-refractivity contribution is -0.134. The van der Waals surface area contributed by atoms with Gasteiger partial charge in [-0.1, -0.05) is 23.7 Å². The molecule has 1 amide bonds. The van der Waals surface area contributed by atoms with E-state index in [0.29, 0.717) is 17.3 Å². The number of amides is 1. The van der Waals surface area contributed by atoms with Gasteiger partial charge in [0.25, 0.3) is 5.91 Å². The van der Waals surface area contributed by atoms with E-state index in [-0.39, 0.29) is 5.91 Å². The highest BCUT2D eigenvalue weighted by atomic mass is 35.5. The van der Waals surface area contributed by atoms with Gasteiger partial charge >= 0.3 is 0 Å². The normalized spacial score (nSPS) is 11.0. The van der Waals surface area contributed by atoms with Gasteiger partial charge in [-0.25, -0.2) is 0 Å². The Bertz CT molecular complexity index is 697. The van der Waals surface area contributed by atoms with Crippen molar-refractivity contribution in [1.29, 1.82) is 0 Å². The Morgan fingerprint density at radius 3 is 2.46 bits per heavy atom. The van der Waals surface area contributed by atoms with Crippen LogP contribution < -0.4 is 15.0 Å². The number of ether oxygens (including phenoxy) is 1. The van der Waals surface area contributed by atoms with Gasteiger partial charge in [0.15, 0.2) is 5.60 Å². The summed E-state index contributed by atoms with van der Waals surface area (Å²) in [6.07, 6.45) is 0. The van der Waals surface area contributed by atoms with Crippen LogP contribution in [0.15, 0.2) is 48.5 Å². The Hall–Kier alpha value is -2.20. The number of benzene rings is 2. The highest BCUT2D eigenvalue weighted by molar-refractivity contribution is 6.30. The Morgan fingerprint density at radius 1 is 1.17 bits per heavy atom. The fraction of sp³-hybridized carbons (Fsp3) is 0.316. The zero-order valence-electron chi connectivity index (χ0n) is 14.5. The minimum Gasteiger partial charge on any atom is -0.478 e. The van der Waals surface area contributed by atoms with Gasteiger partial charge in [0.2, 0.25) is 0 Å². The minimum absolute atomic E-state index is 0.173. The molecular weight excluding hydrogens is 324 g/mol. The van der Waals surface area contributed by atoms with E-state index in [1.165, 1.54) is 0 Å². The van der Waals surface area contributed by atoms with Crippen molar-refractivity contribution >= 4 is 23.2 Å². The lowest BCUT2D eigenvalue weighted by Crippen LogP contribution is -2.46. The van der Waals surface area contributed by atoms with Gasteiger partial charge in [-0.3, -0.25) is 4.79 Å². The minimum atomic E-state index is -0.979.